The number of carbonyl (C=O) groups is 2. The Morgan fingerprint density at radius 2 is 1.88 bits per heavy atom. The van der Waals surface area contributed by atoms with Crippen LogP contribution in [0.2, 0.25) is 0 Å². The molecule has 2 N–H and O–H groups in total. The molecule has 1 rings (SSSR count). The fourth-order valence-electron chi connectivity index (χ4n) is 2.26. The molecule has 0 radical (unpaired) electrons. The summed E-state index contributed by atoms with van der Waals surface area (Å²) in [6.07, 6.45) is 9.23. The van der Waals surface area contributed by atoms with Gasteiger partial charge in [-0.05, 0) is 25.7 Å². The SMILES string of the molecule is CNC(=O)CCOCCOCCNC(=O)OC1C/C=C/CCCC1. The van der Waals surface area contributed by atoms with E-state index in [1.165, 1.54) is 0 Å². The van der Waals surface area contributed by atoms with Crippen LogP contribution in [0.5, 0.6) is 0 Å². The van der Waals surface area contributed by atoms with Crippen molar-refractivity contribution in [2.24, 2.45) is 0 Å². The first kappa shape index (κ1) is 20.4. The summed E-state index contributed by atoms with van der Waals surface area (Å²) in [5.41, 5.74) is 0. The van der Waals surface area contributed by atoms with Gasteiger partial charge >= 0.3 is 6.09 Å². The van der Waals surface area contributed by atoms with Crippen LogP contribution in [-0.4, -0.2) is 58.1 Å². The molecular weight excluding hydrogens is 312 g/mol. The van der Waals surface area contributed by atoms with E-state index in [0.717, 1.165) is 32.1 Å². The van der Waals surface area contributed by atoms with Crippen molar-refractivity contribution in [1.29, 1.82) is 0 Å². The van der Waals surface area contributed by atoms with E-state index in [1.54, 1.807) is 7.05 Å². The first-order chi connectivity index (χ1) is 11.7. The third-order valence-electron chi connectivity index (χ3n) is 3.63. The summed E-state index contributed by atoms with van der Waals surface area (Å²) in [6, 6.07) is 0. The molecule has 1 unspecified atom stereocenters. The molecule has 2 amide bonds. The predicted molar refractivity (Wildman–Crippen MR) is 90.8 cm³/mol. The standard InChI is InChI=1S/C17H30N2O5/c1-18-16(20)9-11-22-13-14-23-12-10-19-17(21)24-15-7-5-3-2-4-6-8-15/h3,5,15H,2,4,6-14H2,1H3,(H,18,20)(H,19,21)/b5-3+. The maximum atomic E-state index is 11.7. The zero-order chi connectivity index (χ0) is 17.5. The molecule has 0 heterocycles. The monoisotopic (exact) mass is 342 g/mol. The first-order valence-corrected chi connectivity index (χ1v) is 8.68. The Balaban J connectivity index is 1.93. The van der Waals surface area contributed by atoms with Crippen LogP contribution >= 0.6 is 0 Å². The van der Waals surface area contributed by atoms with E-state index in [4.69, 9.17) is 14.2 Å². The summed E-state index contributed by atoms with van der Waals surface area (Å²) in [7, 11) is 1.59. The molecule has 0 saturated heterocycles. The van der Waals surface area contributed by atoms with Crippen LogP contribution in [0.15, 0.2) is 12.2 Å². The van der Waals surface area contributed by atoms with E-state index >= 15 is 0 Å². The van der Waals surface area contributed by atoms with Crippen molar-refractivity contribution in [3.8, 4) is 0 Å². The summed E-state index contributed by atoms with van der Waals surface area (Å²) in [6.45, 7) is 2.04. The molecule has 1 aliphatic carbocycles. The zero-order valence-electron chi connectivity index (χ0n) is 14.6. The predicted octanol–water partition coefficient (Wildman–Crippen LogP) is 1.77. The minimum atomic E-state index is -0.389. The number of amides is 2. The number of hydrogen-bond donors (Lipinski definition) is 2. The highest BCUT2D eigenvalue weighted by Gasteiger charge is 2.13. The number of carbonyl (C=O) groups excluding carboxylic acids is 2. The molecule has 0 aromatic rings. The molecule has 7 heteroatoms. The first-order valence-electron chi connectivity index (χ1n) is 8.68. The Morgan fingerprint density at radius 1 is 1.08 bits per heavy atom. The van der Waals surface area contributed by atoms with E-state index in [-0.39, 0.29) is 18.1 Å². The molecule has 0 bridgehead atoms. The second-order valence-corrected chi connectivity index (χ2v) is 5.59. The summed E-state index contributed by atoms with van der Waals surface area (Å²) in [5.74, 6) is -0.0431. The summed E-state index contributed by atoms with van der Waals surface area (Å²) >= 11 is 0. The van der Waals surface area contributed by atoms with Gasteiger partial charge in [-0.2, -0.15) is 0 Å². The number of allylic oxidation sites excluding steroid dienone is 1. The maximum absolute atomic E-state index is 11.7. The molecule has 0 aliphatic heterocycles. The van der Waals surface area contributed by atoms with Gasteiger partial charge in [-0.3, -0.25) is 4.79 Å². The Hall–Kier alpha value is -1.60. The molecule has 0 aromatic heterocycles. The van der Waals surface area contributed by atoms with E-state index < -0.39 is 0 Å². The van der Waals surface area contributed by atoms with Gasteiger partial charge in [0.15, 0.2) is 0 Å². The Labute approximate surface area is 144 Å². The van der Waals surface area contributed by atoms with Crippen molar-refractivity contribution in [1.82, 2.24) is 10.6 Å². The van der Waals surface area contributed by atoms with Crippen LogP contribution in [0, 0.1) is 0 Å². The Kier molecular flexibility index (Phi) is 11.8. The van der Waals surface area contributed by atoms with E-state index in [2.05, 4.69) is 22.8 Å². The molecule has 0 saturated carbocycles. The topological polar surface area (TPSA) is 85.9 Å². The highest BCUT2D eigenvalue weighted by Crippen LogP contribution is 2.14. The van der Waals surface area contributed by atoms with Crippen molar-refractivity contribution in [3.05, 3.63) is 12.2 Å². The maximum Gasteiger partial charge on any atom is 0.407 e. The lowest BCUT2D eigenvalue weighted by Crippen LogP contribution is -2.31. The van der Waals surface area contributed by atoms with Gasteiger partial charge in [-0.25, -0.2) is 4.79 Å². The van der Waals surface area contributed by atoms with Gasteiger partial charge in [0, 0.05) is 26.4 Å². The lowest BCUT2D eigenvalue weighted by molar-refractivity contribution is -0.121. The van der Waals surface area contributed by atoms with Crippen molar-refractivity contribution < 1.29 is 23.8 Å². The fourth-order valence-corrected chi connectivity index (χ4v) is 2.26. The molecular formula is C17H30N2O5. The van der Waals surface area contributed by atoms with Crippen LogP contribution in [0.4, 0.5) is 4.79 Å². The largest absolute Gasteiger partial charge is 0.446 e. The Bertz CT molecular complexity index is 387. The van der Waals surface area contributed by atoms with E-state index in [0.29, 0.717) is 39.4 Å². The van der Waals surface area contributed by atoms with Gasteiger partial charge in [0.25, 0.3) is 0 Å². The van der Waals surface area contributed by atoms with E-state index in [9.17, 15) is 9.59 Å². The Morgan fingerprint density at radius 3 is 2.67 bits per heavy atom. The van der Waals surface area contributed by atoms with Gasteiger partial charge in [-0.15, -0.1) is 0 Å². The number of nitrogens with one attached hydrogen (secondary N) is 2. The number of alkyl carbamates (subject to hydrolysis) is 1. The third-order valence-corrected chi connectivity index (χ3v) is 3.63. The van der Waals surface area contributed by atoms with Gasteiger partial charge in [0.2, 0.25) is 5.91 Å². The van der Waals surface area contributed by atoms with Crippen LogP contribution in [-0.2, 0) is 19.0 Å². The van der Waals surface area contributed by atoms with Crippen molar-refractivity contribution in [2.45, 2.75) is 44.6 Å². The second kappa shape index (κ2) is 13.8. The van der Waals surface area contributed by atoms with E-state index in [1.807, 2.05) is 0 Å². The highest BCUT2D eigenvalue weighted by atomic mass is 16.6. The van der Waals surface area contributed by atoms with Crippen LogP contribution < -0.4 is 10.6 Å². The molecule has 0 fully saturated rings. The molecule has 138 valence electrons. The average Bonchev–Trinajstić information content (AvgIpc) is 2.55. The fraction of sp³-hybridized carbons (Fsp3) is 0.765. The van der Waals surface area contributed by atoms with Crippen molar-refractivity contribution >= 4 is 12.0 Å². The molecule has 1 aliphatic rings. The van der Waals surface area contributed by atoms with Gasteiger partial charge in [-0.1, -0.05) is 12.2 Å². The van der Waals surface area contributed by atoms with Gasteiger partial charge < -0.3 is 24.8 Å². The number of rotatable bonds is 10. The number of hydrogen-bond acceptors (Lipinski definition) is 5. The third kappa shape index (κ3) is 11.0. The van der Waals surface area contributed by atoms with Crippen molar-refractivity contribution in [2.75, 3.05) is 40.0 Å². The molecule has 1 atom stereocenters. The number of ether oxygens (including phenoxy) is 3. The van der Waals surface area contributed by atoms with Crippen molar-refractivity contribution in [3.63, 3.8) is 0 Å². The molecule has 0 aromatic carbocycles. The highest BCUT2D eigenvalue weighted by molar-refractivity contribution is 5.75. The lowest BCUT2D eigenvalue weighted by atomic mass is 10.0. The van der Waals surface area contributed by atoms with Crippen LogP contribution in [0.1, 0.15) is 38.5 Å². The minimum absolute atomic E-state index is 0.0313. The normalized spacial score (nSPS) is 19.0. The molecule has 24 heavy (non-hydrogen) atoms. The van der Waals surface area contributed by atoms with Gasteiger partial charge in [0.1, 0.15) is 6.10 Å². The van der Waals surface area contributed by atoms with Crippen LogP contribution in [0.3, 0.4) is 0 Å². The summed E-state index contributed by atoms with van der Waals surface area (Å²) in [5, 5.41) is 5.21. The quantitative estimate of drug-likeness (QED) is 0.467. The summed E-state index contributed by atoms with van der Waals surface area (Å²) in [4.78, 5) is 22.7. The zero-order valence-corrected chi connectivity index (χ0v) is 14.6. The molecule has 7 nitrogen and oxygen atoms in total. The molecule has 0 spiro atoms. The lowest BCUT2D eigenvalue weighted by Gasteiger charge is -2.18. The second-order valence-electron chi connectivity index (χ2n) is 5.59. The van der Waals surface area contributed by atoms with Crippen LogP contribution in [0.25, 0.3) is 0 Å². The summed E-state index contributed by atoms with van der Waals surface area (Å²) < 4.78 is 16.0. The smallest absolute Gasteiger partial charge is 0.407 e. The van der Waals surface area contributed by atoms with Gasteiger partial charge in [0.05, 0.1) is 26.4 Å². The average molecular weight is 342 g/mol. The minimum Gasteiger partial charge on any atom is -0.446 e.